The van der Waals surface area contributed by atoms with Crippen molar-refractivity contribution >= 4 is 17.4 Å². The van der Waals surface area contributed by atoms with Gasteiger partial charge in [0.1, 0.15) is 0 Å². The molecule has 4 nitrogen and oxygen atoms in total. The molecule has 0 aromatic heterocycles. The molecule has 0 atom stereocenters. The molecule has 0 heterocycles. The maximum Gasteiger partial charge on any atom is 0.231 e. The number of nitrogens with one attached hydrogen (secondary N) is 1. The van der Waals surface area contributed by atoms with Crippen LogP contribution >= 0.6 is 0 Å². The average Bonchev–Trinajstić information content (AvgIpc) is 2.41. The number of anilines is 1. The van der Waals surface area contributed by atoms with Crippen LogP contribution in [0.4, 0.5) is 5.69 Å². The lowest BCUT2D eigenvalue weighted by atomic mass is 9.81. The van der Waals surface area contributed by atoms with E-state index in [9.17, 15) is 9.59 Å². The summed E-state index contributed by atoms with van der Waals surface area (Å²) >= 11 is 0. The van der Waals surface area contributed by atoms with E-state index in [0.29, 0.717) is 30.6 Å². The molecule has 1 rings (SSSR count). The summed E-state index contributed by atoms with van der Waals surface area (Å²) in [7, 11) is 0. The van der Waals surface area contributed by atoms with Crippen LogP contribution < -0.4 is 11.1 Å². The van der Waals surface area contributed by atoms with Crippen LogP contribution in [0.15, 0.2) is 24.3 Å². The summed E-state index contributed by atoms with van der Waals surface area (Å²) in [4.78, 5) is 23.6. The van der Waals surface area contributed by atoms with Crippen LogP contribution in [-0.2, 0) is 4.79 Å². The van der Waals surface area contributed by atoms with Gasteiger partial charge in [0.25, 0.3) is 0 Å². The predicted molar refractivity (Wildman–Crippen MR) is 77.1 cm³/mol. The molecular formula is C15H22N2O2. The van der Waals surface area contributed by atoms with Crippen molar-refractivity contribution in [1.29, 1.82) is 0 Å². The third kappa shape index (κ3) is 3.41. The van der Waals surface area contributed by atoms with E-state index in [1.807, 2.05) is 13.8 Å². The largest absolute Gasteiger partial charge is 0.329 e. The number of carbonyl (C=O) groups excluding carboxylic acids is 2. The van der Waals surface area contributed by atoms with E-state index >= 15 is 0 Å². The summed E-state index contributed by atoms with van der Waals surface area (Å²) in [6.07, 6.45) is 1.39. The molecule has 0 aliphatic rings. The van der Waals surface area contributed by atoms with Crippen molar-refractivity contribution in [1.82, 2.24) is 0 Å². The topological polar surface area (TPSA) is 72.2 Å². The Balaban J connectivity index is 2.93. The first-order valence-electron chi connectivity index (χ1n) is 6.61. The van der Waals surface area contributed by atoms with Crippen molar-refractivity contribution in [2.45, 2.75) is 33.6 Å². The number of hydrogen-bond acceptors (Lipinski definition) is 3. The van der Waals surface area contributed by atoms with Gasteiger partial charge in [0.15, 0.2) is 5.78 Å². The molecule has 4 heteroatoms. The maximum absolute atomic E-state index is 12.3. The van der Waals surface area contributed by atoms with Crippen molar-refractivity contribution in [3.8, 4) is 0 Å². The van der Waals surface area contributed by atoms with E-state index in [0.717, 1.165) is 0 Å². The first kappa shape index (κ1) is 15.4. The molecular weight excluding hydrogens is 240 g/mol. The molecule has 0 radical (unpaired) electrons. The number of ketones is 1. The zero-order chi connectivity index (χ0) is 14.5. The molecule has 0 aliphatic carbocycles. The summed E-state index contributed by atoms with van der Waals surface area (Å²) in [5.41, 5.74) is 6.43. The highest BCUT2D eigenvalue weighted by Crippen LogP contribution is 2.27. The Kier molecular flexibility index (Phi) is 5.24. The van der Waals surface area contributed by atoms with Crippen LogP contribution in [0.3, 0.4) is 0 Å². The lowest BCUT2D eigenvalue weighted by Crippen LogP contribution is -2.41. The highest BCUT2D eigenvalue weighted by atomic mass is 16.2. The fourth-order valence-corrected chi connectivity index (χ4v) is 2.03. The van der Waals surface area contributed by atoms with Gasteiger partial charge in [0, 0.05) is 17.8 Å². The summed E-state index contributed by atoms with van der Waals surface area (Å²) in [5, 5.41) is 2.86. The Bertz CT molecular complexity index is 457. The SMILES string of the molecule is CCC(CC)(CN)C(=O)Nc1cccc(C(C)=O)c1. The van der Waals surface area contributed by atoms with Crippen LogP contribution in [-0.4, -0.2) is 18.2 Å². The molecule has 104 valence electrons. The van der Waals surface area contributed by atoms with Gasteiger partial charge >= 0.3 is 0 Å². The van der Waals surface area contributed by atoms with E-state index in [1.54, 1.807) is 24.3 Å². The van der Waals surface area contributed by atoms with Gasteiger partial charge in [-0.25, -0.2) is 0 Å². The Morgan fingerprint density at radius 2 is 1.89 bits per heavy atom. The van der Waals surface area contributed by atoms with E-state index in [4.69, 9.17) is 5.73 Å². The van der Waals surface area contributed by atoms with Gasteiger partial charge in [-0.05, 0) is 31.9 Å². The van der Waals surface area contributed by atoms with Gasteiger partial charge in [-0.2, -0.15) is 0 Å². The highest BCUT2D eigenvalue weighted by molar-refractivity contribution is 5.98. The fourth-order valence-electron chi connectivity index (χ4n) is 2.03. The molecule has 0 saturated carbocycles. The second-order valence-electron chi connectivity index (χ2n) is 4.78. The van der Waals surface area contributed by atoms with Crippen molar-refractivity contribution in [3.63, 3.8) is 0 Å². The predicted octanol–water partition coefficient (Wildman–Crippen LogP) is 2.59. The Labute approximate surface area is 114 Å². The van der Waals surface area contributed by atoms with Crippen molar-refractivity contribution < 1.29 is 9.59 Å². The van der Waals surface area contributed by atoms with Gasteiger partial charge in [-0.1, -0.05) is 26.0 Å². The summed E-state index contributed by atoms with van der Waals surface area (Å²) in [5.74, 6) is -0.104. The number of rotatable bonds is 6. The number of hydrogen-bond donors (Lipinski definition) is 2. The highest BCUT2D eigenvalue weighted by Gasteiger charge is 2.33. The number of benzene rings is 1. The molecule has 0 bridgehead atoms. The van der Waals surface area contributed by atoms with Crippen LogP contribution in [0.2, 0.25) is 0 Å². The van der Waals surface area contributed by atoms with E-state index in [-0.39, 0.29) is 11.7 Å². The zero-order valence-corrected chi connectivity index (χ0v) is 11.8. The smallest absolute Gasteiger partial charge is 0.231 e. The molecule has 0 aliphatic heterocycles. The molecule has 0 saturated heterocycles. The normalized spacial score (nSPS) is 11.2. The minimum atomic E-state index is -0.535. The van der Waals surface area contributed by atoms with Crippen molar-refractivity contribution in [2.24, 2.45) is 11.1 Å². The first-order valence-corrected chi connectivity index (χ1v) is 6.61. The van der Waals surface area contributed by atoms with Crippen LogP contribution in [0.1, 0.15) is 44.0 Å². The molecule has 1 aromatic rings. The van der Waals surface area contributed by atoms with E-state index in [1.165, 1.54) is 6.92 Å². The number of carbonyl (C=O) groups is 2. The molecule has 0 unspecified atom stereocenters. The molecule has 0 fully saturated rings. The lowest BCUT2D eigenvalue weighted by Gasteiger charge is -2.28. The maximum atomic E-state index is 12.3. The molecule has 0 spiro atoms. The number of amides is 1. The Morgan fingerprint density at radius 1 is 1.26 bits per heavy atom. The van der Waals surface area contributed by atoms with Gasteiger partial charge in [0.05, 0.1) is 5.41 Å². The van der Waals surface area contributed by atoms with Gasteiger partial charge in [-0.3, -0.25) is 9.59 Å². The minimum Gasteiger partial charge on any atom is -0.329 e. The van der Waals surface area contributed by atoms with Crippen molar-refractivity contribution in [3.05, 3.63) is 29.8 Å². The molecule has 1 aromatic carbocycles. The number of nitrogens with two attached hydrogens (primary N) is 1. The summed E-state index contributed by atoms with van der Waals surface area (Å²) in [6, 6.07) is 6.95. The first-order chi connectivity index (χ1) is 8.99. The average molecular weight is 262 g/mol. The quantitative estimate of drug-likeness (QED) is 0.774. The lowest BCUT2D eigenvalue weighted by molar-refractivity contribution is -0.125. The second-order valence-corrected chi connectivity index (χ2v) is 4.78. The monoisotopic (exact) mass is 262 g/mol. The standard InChI is InChI=1S/C15H22N2O2/c1-4-15(5-2,10-16)14(19)17-13-8-6-7-12(9-13)11(3)18/h6-9H,4-5,10,16H2,1-3H3,(H,17,19). The van der Waals surface area contributed by atoms with Crippen LogP contribution in [0, 0.1) is 5.41 Å². The van der Waals surface area contributed by atoms with Crippen LogP contribution in [0.25, 0.3) is 0 Å². The Hall–Kier alpha value is -1.68. The molecule has 1 amide bonds. The van der Waals surface area contributed by atoms with E-state index < -0.39 is 5.41 Å². The Morgan fingerprint density at radius 3 is 2.37 bits per heavy atom. The van der Waals surface area contributed by atoms with Gasteiger partial charge in [0.2, 0.25) is 5.91 Å². The molecule has 3 N–H and O–H groups in total. The second kappa shape index (κ2) is 6.48. The number of Topliss-reactive ketones (excluding diaryl/α,β-unsaturated/α-hetero) is 1. The van der Waals surface area contributed by atoms with Gasteiger partial charge < -0.3 is 11.1 Å². The van der Waals surface area contributed by atoms with E-state index in [2.05, 4.69) is 5.32 Å². The zero-order valence-electron chi connectivity index (χ0n) is 11.8. The third-order valence-corrected chi connectivity index (χ3v) is 3.75. The molecule has 19 heavy (non-hydrogen) atoms. The fraction of sp³-hybridized carbons (Fsp3) is 0.467. The van der Waals surface area contributed by atoms with Crippen LogP contribution in [0.5, 0.6) is 0 Å². The summed E-state index contributed by atoms with van der Waals surface area (Å²) in [6.45, 7) is 5.74. The minimum absolute atomic E-state index is 0.0211. The third-order valence-electron chi connectivity index (χ3n) is 3.75. The van der Waals surface area contributed by atoms with Gasteiger partial charge in [-0.15, -0.1) is 0 Å². The van der Waals surface area contributed by atoms with Crippen molar-refractivity contribution in [2.75, 3.05) is 11.9 Å². The summed E-state index contributed by atoms with van der Waals surface area (Å²) < 4.78 is 0.